The number of nitrogens with zero attached hydrogens (tertiary/aromatic N) is 4. The highest BCUT2D eigenvalue weighted by Gasteiger charge is 2.02. The van der Waals surface area contributed by atoms with Crippen LogP contribution in [0.2, 0.25) is 0 Å². The lowest BCUT2D eigenvalue weighted by molar-refractivity contribution is 0.455. The van der Waals surface area contributed by atoms with Gasteiger partial charge >= 0.3 is 12.2 Å². The van der Waals surface area contributed by atoms with Gasteiger partial charge in [0.1, 0.15) is 0 Å². The van der Waals surface area contributed by atoms with Crippen molar-refractivity contribution in [1.82, 2.24) is 15.0 Å². The molecule has 1 aromatic rings. The van der Waals surface area contributed by atoms with Gasteiger partial charge in [0.2, 0.25) is 0 Å². The maximum absolute atomic E-state index is 12.0. The fourth-order valence-corrected chi connectivity index (χ4v) is 0.366. The van der Waals surface area contributed by atoms with Crippen molar-refractivity contribution in [3.05, 3.63) is 12.2 Å². The third kappa shape index (κ3) is 1.24. The van der Waals surface area contributed by atoms with Gasteiger partial charge in [-0.1, -0.05) is 0 Å². The van der Waals surface area contributed by atoms with Gasteiger partial charge < -0.3 is 0 Å². The summed E-state index contributed by atoms with van der Waals surface area (Å²) in [6.07, 6.45) is -2.56. The maximum atomic E-state index is 12.0. The van der Waals surface area contributed by atoms with Crippen LogP contribution in [0.3, 0.4) is 0 Å². The smallest absolute Gasteiger partial charge is 0.201 e. The van der Waals surface area contributed by atoms with Crippen LogP contribution in [0, 0.1) is 17.7 Å². The molecule has 0 bridgehead atoms. The van der Waals surface area contributed by atoms with E-state index >= 15 is 0 Å². The summed E-state index contributed by atoms with van der Waals surface area (Å²) in [4.78, 5) is 8.32. The van der Waals surface area contributed by atoms with Crippen LogP contribution in [0.25, 0.3) is 0 Å². The number of halogens is 2. The molecule has 1 heterocycles. The minimum atomic E-state index is -1.28. The van der Waals surface area contributed by atoms with E-state index in [0.29, 0.717) is 0 Å². The van der Waals surface area contributed by atoms with E-state index in [1.807, 2.05) is 0 Å². The monoisotopic (exact) mass is 145 g/mol. The maximum Gasteiger partial charge on any atom is 0.315 e. The molecule has 0 amide bonds. The number of hydrogen-bond donors (Lipinski definition) is 1. The Morgan fingerprint density at radius 1 is 1.10 bits per heavy atom. The molecule has 5 nitrogen and oxygen atoms in total. The van der Waals surface area contributed by atoms with Gasteiger partial charge in [0, 0.05) is 0 Å². The first-order valence-corrected chi connectivity index (χ1v) is 2.17. The van der Waals surface area contributed by atoms with Gasteiger partial charge in [-0.15, -0.1) is 5.11 Å². The van der Waals surface area contributed by atoms with E-state index in [1.165, 1.54) is 0 Å². The summed E-state index contributed by atoms with van der Waals surface area (Å²) in [7, 11) is 0. The Hall–Kier alpha value is -1.53. The van der Waals surface area contributed by atoms with Gasteiger partial charge in [0.05, 0.1) is 0 Å². The molecule has 0 spiro atoms. The second-order valence-electron chi connectivity index (χ2n) is 1.29. The molecule has 7 heteroatoms. The Bertz CT molecular complexity index is 241. The van der Waals surface area contributed by atoms with Gasteiger partial charge in [0.25, 0.3) is 5.95 Å². The van der Waals surface area contributed by atoms with E-state index in [1.54, 1.807) is 0 Å². The Kier molecular flexibility index (Phi) is 1.57. The van der Waals surface area contributed by atoms with Crippen LogP contribution in [-0.4, -0.2) is 15.0 Å². The van der Waals surface area contributed by atoms with E-state index in [0.717, 1.165) is 0 Å². The molecule has 0 saturated heterocycles. The zero-order valence-electron chi connectivity index (χ0n) is 4.54. The number of aromatic nitrogens is 3. The fraction of sp³-hybridized carbons (Fsp3) is 0. The Labute approximate surface area is 53.7 Å². The van der Waals surface area contributed by atoms with E-state index < -0.39 is 18.1 Å². The van der Waals surface area contributed by atoms with Crippen LogP contribution >= 0.6 is 0 Å². The van der Waals surface area contributed by atoms with Gasteiger partial charge in [-0.3, -0.25) is 0 Å². The molecule has 0 fully saturated rings. The average Bonchev–Trinajstić information content (AvgIpc) is 1.85. The second kappa shape index (κ2) is 2.38. The summed E-state index contributed by atoms with van der Waals surface area (Å²) >= 11 is 0. The third-order valence-corrected chi connectivity index (χ3v) is 0.669. The van der Waals surface area contributed by atoms with E-state index in [9.17, 15) is 8.78 Å². The van der Waals surface area contributed by atoms with Crippen molar-refractivity contribution in [3.8, 4) is 0 Å². The molecule has 0 aliphatic heterocycles. The fourth-order valence-electron chi connectivity index (χ4n) is 0.366. The minimum Gasteiger partial charge on any atom is -0.201 e. The molecule has 1 aromatic heterocycles. The van der Waals surface area contributed by atoms with Crippen LogP contribution in [-0.2, 0) is 0 Å². The molecule has 0 aromatic carbocycles. The molecular weight excluding hydrogens is 144 g/mol. The number of nitrogens with one attached hydrogen (secondary N) is 1. The normalized spacial score (nSPS) is 9.40. The molecule has 0 saturated carbocycles. The molecule has 52 valence electrons. The highest BCUT2D eigenvalue weighted by molar-refractivity contribution is 5.07. The van der Waals surface area contributed by atoms with E-state index in [2.05, 4.69) is 20.1 Å². The Morgan fingerprint density at radius 3 is 2.00 bits per heavy atom. The van der Waals surface area contributed by atoms with E-state index in [-0.39, 0.29) is 0 Å². The molecule has 0 unspecified atom stereocenters. The molecule has 1 N–H and O–H groups in total. The quantitative estimate of drug-likeness (QED) is 0.594. The van der Waals surface area contributed by atoms with Crippen LogP contribution in [0.1, 0.15) is 0 Å². The van der Waals surface area contributed by atoms with Crippen LogP contribution in [0.4, 0.5) is 14.7 Å². The first-order valence-electron chi connectivity index (χ1n) is 2.17. The van der Waals surface area contributed by atoms with Gasteiger partial charge in [0.15, 0.2) is 0 Å². The largest absolute Gasteiger partial charge is 0.315 e. The van der Waals surface area contributed by atoms with Crippen molar-refractivity contribution >= 4 is 5.95 Å². The molecule has 0 atom stereocenters. The summed E-state index contributed by atoms with van der Waals surface area (Å²) in [5, 5.41) is 2.60. The molecular formula is C3HF2N5. The van der Waals surface area contributed by atoms with Crippen molar-refractivity contribution in [1.29, 1.82) is 5.53 Å². The van der Waals surface area contributed by atoms with Crippen molar-refractivity contribution in [2.24, 2.45) is 5.11 Å². The average molecular weight is 145 g/mol. The zero-order chi connectivity index (χ0) is 7.56. The predicted molar refractivity (Wildman–Crippen MR) is 24.6 cm³/mol. The minimum absolute atomic E-state index is 0.579. The third-order valence-electron chi connectivity index (χ3n) is 0.669. The van der Waals surface area contributed by atoms with Gasteiger partial charge in [-0.25, -0.2) is 5.53 Å². The van der Waals surface area contributed by atoms with E-state index in [4.69, 9.17) is 5.53 Å². The van der Waals surface area contributed by atoms with Crippen molar-refractivity contribution < 1.29 is 8.78 Å². The lowest BCUT2D eigenvalue weighted by atomic mass is 10.9. The summed E-state index contributed by atoms with van der Waals surface area (Å²) in [6, 6.07) is 0. The molecule has 10 heavy (non-hydrogen) atoms. The summed E-state index contributed by atoms with van der Waals surface area (Å²) in [5.41, 5.74) is 6.28. The molecule has 1 rings (SSSR count). The highest BCUT2D eigenvalue weighted by Crippen LogP contribution is 2.01. The topological polar surface area (TPSA) is 74.9 Å². The summed E-state index contributed by atoms with van der Waals surface area (Å²) in [6.45, 7) is 0. The molecule has 0 aliphatic carbocycles. The number of hydrogen-bond acceptors (Lipinski definition) is 5. The number of rotatable bonds is 1. The van der Waals surface area contributed by atoms with Crippen LogP contribution < -0.4 is 0 Å². The summed E-state index contributed by atoms with van der Waals surface area (Å²) < 4.78 is 23.9. The van der Waals surface area contributed by atoms with Crippen molar-refractivity contribution in [2.45, 2.75) is 0 Å². The standard InChI is InChI=1S/C3HF2N5/c4-1-7-2(5)9-3(8-1)10-6/h6H. The lowest BCUT2D eigenvalue weighted by Gasteiger charge is -1.87. The molecule has 0 aliphatic rings. The lowest BCUT2D eigenvalue weighted by Crippen LogP contribution is -1.95. The van der Waals surface area contributed by atoms with Crippen LogP contribution in [0.5, 0.6) is 0 Å². The van der Waals surface area contributed by atoms with Crippen molar-refractivity contribution in [2.75, 3.05) is 0 Å². The van der Waals surface area contributed by atoms with Gasteiger partial charge in [-0.2, -0.15) is 23.7 Å². The predicted octanol–water partition coefficient (Wildman–Crippen LogP) is 0.812. The summed E-state index contributed by atoms with van der Waals surface area (Å²) in [5.74, 6) is -0.579. The molecule has 0 radical (unpaired) electrons. The van der Waals surface area contributed by atoms with Crippen LogP contribution in [0.15, 0.2) is 5.11 Å². The zero-order valence-corrected chi connectivity index (χ0v) is 4.54. The van der Waals surface area contributed by atoms with Crippen molar-refractivity contribution in [3.63, 3.8) is 0 Å². The first-order chi connectivity index (χ1) is 4.72. The van der Waals surface area contributed by atoms with Gasteiger partial charge in [-0.05, 0) is 0 Å². The Balaban J connectivity index is 3.18. The highest BCUT2D eigenvalue weighted by atomic mass is 19.1. The first kappa shape index (κ1) is 6.59. The second-order valence-corrected chi connectivity index (χ2v) is 1.29. The SMILES string of the molecule is N=Nc1nc(F)nc(F)n1. The Morgan fingerprint density at radius 2 is 1.60 bits per heavy atom.